The van der Waals surface area contributed by atoms with Gasteiger partial charge in [0, 0.05) is 12.0 Å². The number of aromatic nitrogens is 2. The summed E-state index contributed by atoms with van der Waals surface area (Å²) >= 11 is 0. The van der Waals surface area contributed by atoms with Gasteiger partial charge in [-0.25, -0.2) is 9.48 Å². The maximum absolute atomic E-state index is 12.3. The van der Waals surface area contributed by atoms with Crippen LogP contribution in [0.25, 0.3) is 0 Å². The van der Waals surface area contributed by atoms with Crippen LogP contribution in [0.3, 0.4) is 0 Å². The lowest BCUT2D eigenvalue weighted by molar-refractivity contribution is -0.955. The number of rotatable bonds is 4. The van der Waals surface area contributed by atoms with Gasteiger partial charge in [-0.2, -0.15) is 5.10 Å². The van der Waals surface area contributed by atoms with Crippen molar-refractivity contribution >= 4 is 11.7 Å². The lowest BCUT2D eigenvalue weighted by Crippen LogP contribution is -3.16. The monoisotopic (exact) mass is 345 g/mol. The van der Waals surface area contributed by atoms with Crippen LogP contribution in [-0.2, 0) is 29.2 Å². The molecule has 1 unspecified atom stereocenters. The summed E-state index contributed by atoms with van der Waals surface area (Å²) in [7, 11) is 1.38. The van der Waals surface area contributed by atoms with Gasteiger partial charge < -0.3 is 9.64 Å². The van der Waals surface area contributed by atoms with Crippen molar-refractivity contribution in [1.82, 2.24) is 9.78 Å². The van der Waals surface area contributed by atoms with Crippen LogP contribution >= 0.6 is 0 Å². The third-order valence-electron chi connectivity index (χ3n) is 4.82. The number of carbonyl (C=O) groups excluding carboxylic acids is 1. The Balaban J connectivity index is 1.93. The summed E-state index contributed by atoms with van der Waals surface area (Å²) in [5.74, 6) is -0.277. The minimum absolute atomic E-state index is 0.0337. The number of nitro groups is 1. The Morgan fingerprint density at radius 2 is 2.08 bits per heavy atom. The van der Waals surface area contributed by atoms with E-state index in [1.807, 2.05) is 24.3 Å². The Morgan fingerprint density at radius 3 is 2.68 bits per heavy atom. The summed E-state index contributed by atoms with van der Waals surface area (Å²) in [5.41, 5.74) is 3.23. The molecule has 0 radical (unpaired) electrons. The third kappa shape index (κ3) is 3.12. The van der Waals surface area contributed by atoms with Crippen molar-refractivity contribution in [2.75, 3.05) is 7.11 Å². The lowest BCUT2D eigenvalue weighted by atomic mass is 9.94. The molecular formula is C17H21N4O4+. The van der Waals surface area contributed by atoms with Crippen molar-refractivity contribution < 1.29 is 19.4 Å². The Morgan fingerprint density at radius 1 is 1.40 bits per heavy atom. The van der Waals surface area contributed by atoms with E-state index in [1.54, 1.807) is 18.5 Å². The predicted octanol–water partition coefficient (Wildman–Crippen LogP) is 0.548. The first-order valence-corrected chi connectivity index (χ1v) is 8.10. The van der Waals surface area contributed by atoms with Gasteiger partial charge in [0.05, 0.1) is 12.0 Å². The fourth-order valence-electron chi connectivity index (χ4n) is 3.52. The number of hydrogen-bond donors (Lipinski definition) is 1. The number of carbonyl (C=O) groups is 1. The van der Waals surface area contributed by atoms with Gasteiger partial charge in [-0.3, -0.25) is 10.1 Å². The quantitative estimate of drug-likeness (QED) is 0.496. The molecule has 0 fully saturated rings. The Bertz CT molecular complexity index is 830. The lowest BCUT2D eigenvalue weighted by Gasteiger charge is -2.32. The van der Waals surface area contributed by atoms with Gasteiger partial charge in [-0.15, -0.1) is 0 Å². The maximum Gasteiger partial charge on any atom is 0.365 e. The van der Waals surface area contributed by atoms with Crippen LogP contribution < -0.4 is 4.90 Å². The molecule has 8 heteroatoms. The number of nitrogens with one attached hydrogen (secondary N) is 1. The first-order valence-electron chi connectivity index (χ1n) is 8.10. The molecule has 1 N–H and O–H groups in total. The average molecular weight is 345 g/mol. The molecule has 3 rings (SSSR count). The standard InChI is InChI=1S/C17H20N4O4/c1-11-16(21(23)24)12(2)20(18-11)10-19-9-14-7-5-4-6-13(14)8-15(19)17(22)25-3/h4-7,15H,8-10H2,1-3H3/p+1/t15-/m0/s1. The van der Waals surface area contributed by atoms with Crippen LogP contribution in [0.4, 0.5) is 5.69 Å². The van der Waals surface area contributed by atoms with Crippen LogP contribution in [0, 0.1) is 24.0 Å². The highest BCUT2D eigenvalue weighted by Crippen LogP contribution is 2.21. The Kier molecular flexibility index (Phi) is 4.54. The fraction of sp³-hybridized carbons (Fsp3) is 0.412. The van der Waals surface area contributed by atoms with Gasteiger partial charge in [-0.05, 0) is 19.4 Å². The normalized spacial score (nSPS) is 19.3. The highest BCUT2D eigenvalue weighted by atomic mass is 16.6. The molecular weight excluding hydrogens is 324 g/mol. The number of benzene rings is 1. The van der Waals surface area contributed by atoms with E-state index >= 15 is 0 Å². The van der Waals surface area contributed by atoms with E-state index in [9.17, 15) is 14.9 Å². The molecule has 0 spiro atoms. The first-order chi connectivity index (χ1) is 11.9. The molecule has 132 valence electrons. The summed E-state index contributed by atoms with van der Waals surface area (Å²) < 4.78 is 6.59. The molecule has 2 aromatic rings. The summed E-state index contributed by atoms with van der Waals surface area (Å²) in [6.45, 7) is 4.32. The van der Waals surface area contributed by atoms with E-state index < -0.39 is 4.92 Å². The van der Waals surface area contributed by atoms with Crippen molar-refractivity contribution in [3.05, 3.63) is 56.9 Å². The van der Waals surface area contributed by atoms with Crippen molar-refractivity contribution in [3.8, 4) is 0 Å². The van der Waals surface area contributed by atoms with Gasteiger partial charge in [0.2, 0.25) is 0 Å². The van der Waals surface area contributed by atoms with Gasteiger partial charge in [0.1, 0.15) is 17.9 Å². The Hall–Kier alpha value is -2.74. The van der Waals surface area contributed by atoms with Crippen LogP contribution in [0.2, 0.25) is 0 Å². The molecule has 0 bridgehead atoms. The molecule has 8 nitrogen and oxygen atoms in total. The maximum atomic E-state index is 12.3. The molecule has 1 aliphatic heterocycles. The summed E-state index contributed by atoms with van der Waals surface area (Å²) in [6, 6.07) is 7.65. The largest absolute Gasteiger partial charge is 0.465 e. The second kappa shape index (κ2) is 6.64. The van der Waals surface area contributed by atoms with E-state index in [4.69, 9.17) is 4.74 Å². The molecule has 0 amide bonds. The van der Waals surface area contributed by atoms with E-state index in [-0.39, 0.29) is 17.7 Å². The number of ether oxygens (including phenoxy) is 1. The molecule has 2 heterocycles. The van der Waals surface area contributed by atoms with Gasteiger partial charge in [0.25, 0.3) is 0 Å². The number of nitrogens with zero attached hydrogens (tertiary/aromatic N) is 3. The minimum Gasteiger partial charge on any atom is -0.465 e. The van der Waals surface area contributed by atoms with Crippen molar-refractivity contribution in [1.29, 1.82) is 0 Å². The third-order valence-corrected chi connectivity index (χ3v) is 4.82. The number of esters is 1. The summed E-state index contributed by atoms with van der Waals surface area (Å²) in [5, 5.41) is 15.5. The molecule has 2 atom stereocenters. The van der Waals surface area contributed by atoms with Crippen molar-refractivity contribution in [2.24, 2.45) is 0 Å². The second-order valence-corrected chi connectivity index (χ2v) is 6.32. The van der Waals surface area contributed by atoms with E-state index in [2.05, 4.69) is 5.10 Å². The number of fused-ring (bicyclic) bond motifs is 1. The van der Waals surface area contributed by atoms with Crippen molar-refractivity contribution in [3.63, 3.8) is 0 Å². The number of aryl methyl sites for hydroxylation is 1. The molecule has 0 saturated heterocycles. The SMILES string of the molecule is COC(=O)[C@@H]1Cc2ccccc2C[NH+]1Cn1nc(C)c([N+](=O)[O-])c1C. The number of hydrogen-bond acceptors (Lipinski definition) is 5. The van der Waals surface area contributed by atoms with Gasteiger partial charge in [-0.1, -0.05) is 24.3 Å². The summed E-state index contributed by atoms with van der Waals surface area (Å²) in [6.07, 6.45) is 0.583. The highest BCUT2D eigenvalue weighted by molar-refractivity contribution is 5.74. The molecule has 1 aromatic carbocycles. The smallest absolute Gasteiger partial charge is 0.365 e. The van der Waals surface area contributed by atoms with Crippen LogP contribution in [0.15, 0.2) is 24.3 Å². The zero-order valence-corrected chi connectivity index (χ0v) is 14.5. The zero-order chi connectivity index (χ0) is 18.1. The average Bonchev–Trinajstić information content (AvgIpc) is 2.87. The predicted molar refractivity (Wildman–Crippen MR) is 89.0 cm³/mol. The summed E-state index contributed by atoms with van der Waals surface area (Å²) in [4.78, 5) is 24.0. The molecule has 1 aliphatic rings. The van der Waals surface area contributed by atoms with Gasteiger partial charge >= 0.3 is 11.7 Å². The van der Waals surface area contributed by atoms with E-state index in [0.29, 0.717) is 31.0 Å². The van der Waals surface area contributed by atoms with Crippen molar-refractivity contribution in [2.45, 2.75) is 39.5 Å². The molecule has 0 saturated carbocycles. The van der Waals surface area contributed by atoms with E-state index in [1.165, 1.54) is 12.7 Å². The zero-order valence-electron chi connectivity index (χ0n) is 14.5. The molecule has 25 heavy (non-hydrogen) atoms. The van der Waals surface area contributed by atoms with Crippen LogP contribution in [0.1, 0.15) is 22.5 Å². The van der Waals surface area contributed by atoms with E-state index in [0.717, 1.165) is 10.5 Å². The van der Waals surface area contributed by atoms with Crippen LogP contribution in [0.5, 0.6) is 0 Å². The first kappa shape index (κ1) is 17.1. The second-order valence-electron chi connectivity index (χ2n) is 6.32. The highest BCUT2D eigenvalue weighted by Gasteiger charge is 2.37. The molecule has 0 aliphatic carbocycles. The number of methoxy groups -OCH3 is 1. The van der Waals surface area contributed by atoms with Gasteiger partial charge in [0.15, 0.2) is 12.7 Å². The molecule has 1 aromatic heterocycles. The fourth-order valence-corrected chi connectivity index (χ4v) is 3.52. The van der Waals surface area contributed by atoms with Crippen LogP contribution in [-0.4, -0.2) is 33.8 Å². The minimum atomic E-state index is -0.410. The Labute approximate surface area is 145 Å². The number of quaternary nitrogens is 1. The topological polar surface area (TPSA) is 91.7 Å².